The second-order valence-corrected chi connectivity index (χ2v) is 7.33. The zero-order valence-corrected chi connectivity index (χ0v) is 15.9. The van der Waals surface area contributed by atoms with Crippen molar-refractivity contribution in [1.29, 1.82) is 0 Å². The molecular weight excluding hydrogens is 356 g/mol. The summed E-state index contributed by atoms with van der Waals surface area (Å²) >= 11 is 1.52. The standard InChI is InChI=1S/C20H20N6S/c1-13-3-8-19-23-17(11-26(19)10-13)15-4-6-16(7-5-15)25-22-9-20-24-18(12-27-20)14(2)21/h3-12,14,25H,21H2,1-2H3/b22-9+. The van der Waals surface area contributed by atoms with E-state index in [1.54, 1.807) is 6.21 Å². The minimum absolute atomic E-state index is 0.0626. The van der Waals surface area contributed by atoms with Gasteiger partial charge in [0.1, 0.15) is 10.7 Å². The van der Waals surface area contributed by atoms with Gasteiger partial charge in [-0.2, -0.15) is 5.10 Å². The van der Waals surface area contributed by atoms with Crippen LogP contribution in [0.3, 0.4) is 0 Å². The summed E-state index contributed by atoms with van der Waals surface area (Å²) in [5, 5.41) is 7.02. The molecule has 0 aliphatic carbocycles. The summed E-state index contributed by atoms with van der Waals surface area (Å²) in [5.74, 6) is 0. The van der Waals surface area contributed by atoms with Gasteiger partial charge in [-0.1, -0.05) is 18.2 Å². The molecule has 6 nitrogen and oxygen atoms in total. The van der Waals surface area contributed by atoms with Crippen LogP contribution in [0.15, 0.2) is 59.3 Å². The van der Waals surface area contributed by atoms with E-state index in [9.17, 15) is 0 Å². The molecular formula is C20H20N6S. The third-order valence-electron chi connectivity index (χ3n) is 4.15. The smallest absolute Gasteiger partial charge is 0.137 e. The Hall–Kier alpha value is -3.03. The summed E-state index contributed by atoms with van der Waals surface area (Å²) in [4.78, 5) is 9.08. The minimum Gasteiger partial charge on any atom is -0.323 e. The Bertz CT molecular complexity index is 1090. The highest BCUT2D eigenvalue weighted by atomic mass is 32.1. The molecule has 0 spiro atoms. The fraction of sp³-hybridized carbons (Fsp3) is 0.150. The summed E-state index contributed by atoms with van der Waals surface area (Å²) in [6.45, 7) is 3.99. The lowest BCUT2D eigenvalue weighted by Crippen LogP contribution is -2.05. The predicted octanol–water partition coefficient (Wildman–Crippen LogP) is 4.23. The second-order valence-electron chi connectivity index (χ2n) is 6.44. The fourth-order valence-corrected chi connectivity index (χ4v) is 3.47. The maximum Gasteiger partial charge on any atom is 0.137 e. The number of rotatable bonds is 5. The lowest BCUT2D eigenvalue weighted by atomic mass is 10.1. The van der Waals surface area contributed by atoms with Crippen molar-refractivity contribution in [2.75, 3.05) is 5.43 Å². The Kier molecular flexibility index (Phi) is 4.70. The molecule has 4 rings (SSSR count). The fourth-order valence-electron chi connectivity index (χ4n) is 2.69. The van der Waals surface area contributed by atoms with Crippen LogP contribution in [-0.2, 0) is 0 Å². The van der Waals surface area contributed by atoms with Crippen molar-refractivity contribution in [2.24, 2.45) is 10.8 Å². The molecule has 1 aromatic carbocycles. The van der Waals surface area contributed by atoms with Crippen LogP contribution >= 0.6 is 11.3 Å². The molecule has 27 heavy (non-hydrogen) atoms. The first-order chi connectivity index (χ1) is 13.1. The number of hydrogen-bond acceptors (Lipinski definition) is 6. The van der Waals surface area contributed by atoms with E-state index in [0.717, 1.165) is 33.3 Å². The van der Waals surface area contributed by atoms with Crippen LogP contribution < -0.4 is 11.2 Å². The van der Waals surface area contributed by atoms with Gasteiger partial charge in [0.05, 0.1) is 23.3 Å². The molecule has 3 N–H and O–H groups in total. The molecule has 4 aromatic rings. The monoisotopic (exact) mass is 376 g/mol. The van der Waals surface area contributed by atoms with Crippen LogP contribution in [0.4, 0.5) is 5.69 Å². The Balaban J connectivity index is 1.45. The molecule has 0 radical (unpaired) electrons. The Morgan fingerprint density at radius 3 is 2.70 bits per heavy atom. The van der Waals surface area contributed by atoms with E-state index in [4.69, 9.17) is 5.73 Å². The normalized spacial score (nSPS) is 12.7. The highest BCUT2D eigenvalue weighted by molar-refractivity contribution is 7.11. The molecule has 136 valence electrons. The molecule has 0 fully saturated rings. The number of nitrogens with one attached hydrogen (secondary N) is 1. The number of pyridine rings is 1. The predicted molar refractivity (Wildman–Crippen MR) is 111 cm³/mol. The molecule has 0 amide bonds. The van der Waals surface area contributed by atoms with Crippen molar-refractivity contribution in [3.63, 3.8) is 0 Å². The van der Waals surface area contributed by atoms with Crippen molar-refractivity contribution in [3.8, 4) is 11.3 Å². The van der Waals surface area contributed by atoms with Crippen molar-refractivity contribution >= 4 is 28.9 Å². The topological polar surface area (TPSA) is 80.6 Å². The lowest BCUT2D eigenvalue weighted by Gasteiger charge is -2.01. The summed E-state index contributed by atoms with van der Waals surface area (Å²) in [7, 11) is 0. The first-order valence-electron chi connectivity index (χ1n) is 8.64. The number of thiazole rings is 1. The van der Waals surface area contributed by atoms with Crippen LogP contribution in [-0.4, -0.2) is 20.6 Å². The number of aromatic nitrogens is 3. The van der Waals surface area contributed by atoms with Gasteiger partial charge in [-0.3, -0.25) is 5.43 Å². The van der Waals surface area contributed by atoms with E-state index in [1.807, 2.05) is 53.2 Å². The first kappa shape index (κ1) is 17.4. The largest absolute Gasteiger partial charge is 0.323 e. The Morgan fingerprint density at radius 1 is 1.15 bits per heavy atom. The van der Waals surface area contributed by atoms with Crippen LogP contribution in [0, 0.1) is 6.92 Å². The molecule has 0 saturated carbocycles. The van der Waals surface area contributed by atoms with Crippen LogP contribution in [0.2, 0.25) is 0 Å². The number of imidazole rings is 1. The number of anilines is 1. The number of fused-ring (bicyclic) bond motifs is 1. The molecule has 7 heteroatoms. The quantitative estimate of drug-likeness (QED) is 0.403. The van der Waals surface area contributed by atoms with Gasteiger partial charge in [0.25, 0.3) is 0 Å². The van der Waals surface area contributed by atoms with E-state index in [0.29, 0.717) is 0 Å². The molecule has 0 aliphatic heterocycles. The maximum atomic E-state index is 5.82. The number of nitrogens with zero attached hydrogens (tertiary/aromatic N) is 4. The number of aryl methyl sites for hydroxylation is 1. The van der Waals surface area contributed by atoms with Crippen molar-refractivity contribution in [3.05, 3.63) is 70.4 Å². The minimum atomic E-state index is -0.0626. The Labute approximate surface area is 161 Å². The Morgan fingerprint density at radius 2 is 1.96 bits per heavy atom. The van der Waals surface area contributed by atoms with Gasteiger partial charge in [-0.25, -0.2) is 9.97 Å². The van der Waals surface area contributed by atoms with Crippen molar-refractivity contribution in [2.45, 2.75) is 19.9 Å². The lowest BCUT2D eigenvalue weighted by molar-refractivity contribution is 0.789. The van der Waals surface area contributed by atoms with Gasteiger partial charge >= 0.3 is 0 Å². The number of hydrazone groups is 1. The molecule has 0 aliphatic rings. The van der Waals surface area contributed by atoms with E-state index >= 15 is 0 Å². The second kappa shape index (κ2) is 7.30. The summed E-state index contributed by atoms with van der Waals surface area (Å²) in [6.07, 6.45) is 5.82. The molecule has 3 aromatic heterocycles. The zero-order chi connectivity index (χ0) is 18.8. The molecule has 0 bridgehead atoms. The third-order valence-corrected chi connectivity index (χ3v) is 4.95. The van der Waals surface area contributed by atoms with Gasteiger partial charge in [0.2, 0.25) is 0 Å². The van der Waals surface area contributed by atoms with Crippen LogP contribution in [0.1, 0.15) is 29.2 Å². The van der Waals surface area contributed by atoms with E-state index in [1.165, 1.54) is 16.9 Å². The number of hydrogen-bond donors (Lipinski definition) is 2. The van der Waals surface area contributed by atoms with Crippen LogP contribution in [0.25, 0.3) is 16.9 Å². The highest BCUT2D eigenvalue weighted by Gasteiger charge is 2.05. The SMILES string of the molecule is Cc1ccc2nc(-c3ccc(N/N=C/c4nc(C(C)N)cs4)cc3)cn2c1. The highest BCUT2D eigenvalue weighted by Crippen LogP contribution is 2.21. The molecule has 1 atom stereocenters. The third kappa shape index (κ3) is 3.89. The van der Waals surface area contributed by atoms with Gasteiger partial charge in [-0.15, -0.1) is 11.3 Å². The van der Waals surface area contributed by atoms with Gasteiger partial charge in [0.15, 0.2) is 0 Å². The van der Waals surface area contributed by atoms with E-state index in [-0.39, 0.29) is 6.04 Å². The van der Waals surface area contributed by atoms with Crippen molar-refractivity contribution < 1.29 is 0 Å². The molecule has 1 unspecified atom stereocenters. The van der Waals surface area contributed by atoms with Crippen LogP contribution in [0.5, 0.6) is 0 Å². The zero-order valence-electron chi connectivity index (χ0n) is 15.1. The summed E-state index contributed by atoms with van der Waals surface area (Å²) in [6, 6.07) is 12.1. The number of benzene rings is 1. The van der Waals surface area contributed by atoms with Gasteiger partial charge in [0, 0.05) is 29.4 Å². The average Bonchev–Trinajstić information content (AvgIpc) is 3.29. The van der Waals surface area contributed by atoms with Crippen molar-refractivity contribution in [1.82, 2.24) is 14.4 Å². The molecule has 0 saturated heterocycles. The maximum absolute atomic E-state index is 5.82. The number of nitrogens with two attached hydrogens (primary N) is 1. The van der Waals surface area contributed by atoms with E-state index < -0.39 is 0 Å². The first-order valence-corrected chi connectivity index (χ1v) is 9.52. The average molecular weight is 376 g/mol. The summed E-state index contributed by atoms with van der Waals surface area (Å²) in [5.41, 5.74) is 14.8. The molecule has 3 heterocycles. The van der Waals surface area contributed by atoms with Gasteiger partial charge < -0.3 is 10.1 Å². The van der Waals surface area contributed by atoms with E-state index in [2.05, 4.69) is 39.7 Å². The van der Waals surface area contributed by atoms with Gasteiger partial charge in [-0.05, 0) is 37.6 Å². The summed E-state index contributed by atoms with van der Waals surface area (Å²) < 4.78 is 2.05.